The zero-order chi connectivity index (χ0) is 20.4. The standard InChI is InChI=1S/C20H33ClN4O3.HI/c1-5-22-20(23-13-15(3)25-7-9-27-10-8-25)24-14-16-11-17(21)19(28-6-2)18(12-16)26-4;/h11-12,15H,5-10,13-14H2,1-4H3,(H2,22,23,24);1H. The zero-order valence-corrected chi connectivity index (χ0v) is 20.9. The van der Waals surface area contributed by atoms with Crippen LogP contribution in [0.2, 0.25) is 5.02 Å². The van der Waals surface area contributed by atoms with Gasteiger partial charge in [0.15, 0.2) is 17.5 Å². The van der Waals surface area contributed by atoms with Gasteiger partial charge in [0.2, 0.25) is 0 Å². The van der Waals surface area contributed by atoms with E-state index in [1.807, 2.05) is 19.1 Å². The highest BCUT2D eigenvalue weighted by atomic mass is 127. The topological polar surface area (TPSA) is 67.4 Å². The average Bonchev–Trinajstić information content (AvgIpc) is 2.72. The van der Waals surface area contributed by atoms with Crippen LogP contribution in [-0.4, -0.2) is 70.0 Å². The van der Waals surface area contributed by atoms with Gasteiger partial charge in [-0.3, -0.25) is 4.90 Å². The monoisotopic (exact) mass is 540 g/mol. The Hall–Kier alpha value is -0.970. The van der Waals surface area contributed by atoms with E-state index in [0.717, 1.165) is 50.9 Å². The summed E-state index contributed by atoms with van der Waals surface area (Å²) in [4.78, 5) is 7.12. The lowest BCUT2D eigenvalue weighted by molar-refractivity contribution is 0.0211. The van der Waals surface area contributed by atoms with Gasteiger partial charge in [0.05, 0.1) is 38.5 Å². The van der Waals surface area contributed by atoms with Crippen LogP contribution in [0.3, 0.4) is 0 Å². The molecule has 1 unspecified atom stereocenters. The molecular formula is C20H34ClIN4O3. The molecule has 1 atom stereocenters. The molecule has 0 aliphatic carbocycles. The Balaban J connectivity index is 0.00000420. The van der Waals surface area contributed by atoms with Crippen LogP contribution >= 0.6 is 35.6 Å². The minimum absolute atomic E-state index is 0. The summed E-state index contributed by atoms with van der Waals surface area (Å²) < 4.78 is 16.4. The highest BCUT2D eigenvalue weighted by Gasteiger charge is 2.17. The Morgan fingerprint density at radius 1 is 1.28 bits per heavy atom. The smallest absolute Gasteiger partial charge is 0.191 e. The number of rotatable bonds is 9. The van der Waals surface area contributed by atoms with Gasteiger partial charge in [-0.15, -0.1) is 24.0 Å². The number of guanidine groups is 1. The van der Waals surface area contributed by atoms with E-state index in [1.165, 1.54) is 0 Å². The molecule has 2 N–H and O–H groups in total. The van der Waals surface area contributed by atoms with Crippen molar-refractivity contribution >= 4 is 41.5 Å². The van der Waals surface area contributed by atoms with E-state index in [1.54, 1.807) is 7.11 Å². The predicted octanol–water partition coefficient (Wildman–Crippen LogP) is 3.14. The van der Waals surface area contributed by atoms with Gasteiger partial charge >= 0.3 is 0 Å². The van der Waals surface area contributed by atoms with Gasteiger partial charge in [-0.1, -0.05) is 11.6 Å². The highest BCUT2D eigenvalue weighted by molar-refractivity contribution is 14.0. The molecule has 1 heterocycles. The summed E-state index contributed by atoms with van der Waals surface area (Å²) in [6.45, 7) is 12.4. The second-order valence-electron chi connectivity index (χ2n) is 6.62. The quantitative estimate of drug-likeness (QED) is 0.285. The molecule has 1 aromatic rings. The van der Waals surface area contributed by atoms with Gasteiger partial charge in [0.25, 0.3) is 0 Å². The lowest BCUT2D eigenvalue weighted by Crippen LogP contribution is -2.49. The van der Waals surface area contributed by atoms with Crippen molar-refractivity contribution in [3.8, 4) is 11.5 Å². The molecule has 1 aromatic carbocycles. The lowest BCUT2D eigenvalue weighted by Gasteiger charge is -2.32. The largest absolute Gasteiger partial charge is 0.493 e. The summed E-state index contributed by atoms with van der Waals surface area (Å²) in [5.74, 6) is 1.98. The second kappa shape index (κ2) is 14.1. The molecule has 0 bridgehead atoms. The third kappa shape index (κ3) is 8.35. The van der Waals surface area contributed by atoms with E-state index < -0.39 is 0 Å². The fourth-order valence-corrected chi connectivity index (χ4v) is 3.34. The second-order valence-corrected chi connectivity index (χ2v) is 7.02. The van der Waals surface area contributed by atoms with Gasteiger partial charge in [-0.05, 0) is 38.5 Å². The van der Waals surface area contributed by atoms with Crippen LogP contribution in [-0.2, 0) is 11.3 Å². The molecule has 9 heteroatoms. The molecule has 0 spiro atoms. The summed E-state index contributed by atoms with van der Waals surface area (Å²) in [5, 5.41) is 7.26. The van der Waals surface area contributed by atoms with E-state index in [9.17, 15) is 0 Å². The SMILES string of the molecule is CCNC(=NCc1cc(Cl)c(OCC)c(OC)c1)NCC(C)N1CCOCC1.I. The van der Waals surface area contributed by atoms with Crippen molar-refractivity contribution in [2.75, 3.05) is 53.1 Å². The summed E-state index contributed by atoms with van der Waals surface area (Å²) in [6.07, 6.45) is 0. The molecule has 0 aromatic heterocycles. The van der Waals surface area contributed by atoms with Crippen LogP contribution in [0.5, 0.6) is 11.5 Å². The van der Waals surface area contributed by atoms with Crippen molar-refractivity contribution in [2.24, 2.45) is 4.99 Å². The van der Waals surface area contributed by atoms with E-state index in [-0.39, 0.29) is 24.0 Å². The Bertz CT molecular complexity index is 642. The number of morpholine rings is 1. The fraction of sp³-hybridized carbons (Fsp3) is 0.650. The molecule has 0 saturated carbocycles. The van der Waals surface area contributed by atoms with Gasteiger partial charge in [-0.25, -0.2) is 4.99 Å². The first-order chi connectivity index (χ1) is 13.6. The molecule has 29 heavy (non-hydrogen) atoms. The van der Waals surface area contributed by atoms with E-state index in [4.69, 9.17) is 25.8 Å². The number of aliphatic imine (C=N–C) groups is 1. The van der Waals surface area contributed by atoms with Crippen LogP contribution in [0.1, 0.15) is 26.3 Å². The Morgan fingerprint density at radius 3 is 2.62 bits per heavy atom. The number of methoxy groups -OCH3 is 1. The number of hydrogen-bond donors (Lipinski definition) is 2. The molecule has 1 aliphatic rings. The number of halogens is 2. The molecule has 0 radical (unpaired) electrons. The Morgan fingerprint density at radius 2 is 2.00 bits per heavy atom. The summed E-state index contributed by atoms with van der Waals surface area (Å²) >= 11 is 6.36. The van der Waals surface area contributed by atoms with Crippen LogP contribution in [0.25, 0.3) is 0 Å². The average molecular weight is 541 g/mol. The molecule has 7 nitrogen and oxygen atoms in total. The third-order valence-corrected chi connectivity index (χ3v) is 4.86. The number of hydrogen-bond acceptors (Lipinski definition) is 5. The highest BCUT2D eigenvalue weighted by Crippen LogP contribution is 2.36. The van der Waals surface area contributed by atoms with E-state index in [0.29, 0.717) is 35.7 Å². The first kappa shape index (κ1) is 26.1. The van der Waals surface area contributed by atoms with Crippen molar-refractivity contribution in [3.63, 3.8) is 0 Å². The minimum Gasteiger partial charge on any atom is -0.493 e. The molecule has 0 amide bonds. The van der Waals surface area contributed by atoms with Crippen LogP contribution in [0, 0.1) is 0 Å². The normalized spacial score (nSPS) is 16.0. The molecule has 2 rings (SSSR count). The maximum absolute atomic E-state index is 6.36. The van der Waals surface area contributed by atoms with Crippen molar-refractivity contribution in [1.82, 2.24) is 15.5 Å². The van der Waals surface area contributed by atoms with Crippen molar-refractivity contribution in [1.29, 1.82) is 0 Å². The van der Waals surface area contributed by atoms with Gasteiger partial charge < -0.3 is 24.8 Å². The number of nitrogens with zero attached hydrogens (tertiary/aromatic N) is 2. The number of nitrogens with one attached hydrogen (secondary N) is 2. The summed E-state index contributed by atoms with van der Waals surface area (Å²) in [5.41, 5.74) is 0.962. The van der Waals surface area contributed by atoms with Crippen molar-refractivity contribution in [3.05, 3.63) is 22.7 Å². The van der Waals surface area contributed by atoms with E-state index >= 15 is 0 Å². The Kier molecular flexibility index (Phi) is 12.7. The number of benzene rings is 1. The molecule has 1 saturated heterocycles. The molecule has 1 aliphatic heterocycles. The van der Waals surface area contributed by atoms with Crippen LogP contribution in [0.15, 0.2) is 17.1 Å². The summed E-state index contributed by atoms with van der Waals surface area (Å²) in [7, 11) is 1.61. The molecule has 1 fully saturated rings. The Labute approximate surface area is 196 Å². The number of ether oxygens (including phenoxy) is 3. The molecule has 166 valence electrons. The lowest BCUT2D eigenvalue weighted by atomic mass is 10.2. The zero-order valence-electron chi connectivity index (χ0n) is 17.8. The first-order valence-corrected chi connectivity index (χ1v) is 10.3. The van der Waals surface area contributed by atoms with Crippen LogP contribution < -0.4 is 20.1 Å². The van der Waals surface area contributed by atoms with Gasteiger partial charge in [0.1, 0.15) is 0 Å². The maximum atomic E-state index is 6.36. The third-order valence-electron chi connectivity index (χ3n) is 4.58. The summed E-state index contributed by atoms with van der Waals surface area (Å²) in [6, 6.07) is 4.20. The molecular weight excluding hydrogens is 507 g/mol. The fourth-order valence-electron chi connectivity index (χ4n) is 3.05. The predicted molar refractivity (Wildman–Crippen MR) is 129 cm³/mol. The minimum atomic E-state index is 0. The first-order valence-electron chi connectivity index (χ1n) is 9.92. The van der Waals surface area contributed by atoms with Crippen molar-refractivity contribution < 1.29 is 14.2 Å². The van der Waals surface area contributed by atoms with Crippen LogP contribution in [0.4, 0.5) is 0 Å². The van der Waals surface area contributed by atoms with Gasteiger partial charge in [0, 0.05) is 32.2 Å². The van der Waals surface area contributed by atoms with Gasteiger partial charge in [-0.2, -0.15) is 0 Å². The van der Waals surface area contributed by atoms with Crippen molar-refractivity contribution in [2.45, 2.75) is 33.4 Å². The maximum Gasteiger partial charge on any atom is 0.191 e. The van der Waals surface area contributed by atoms with E-state index in [2.05, 4.69) is 34.4 Å².